The highest BCUT2D eigenvalue weighted by Crippen LogP contribution is 2.30. The fourth-order valence-electron chi connectivity index (χ4n) is 2.45. The van der Waals surface area contributed by atoms with Crippen LogP contribution in [0.2, 0.25) is 0 Å². The van der Waals surface area contributed by atoms with E-state index in [0.29, 0.717) is 0 Å². The van der Waals surface area contributed by atoms with Gasteiger partial charge >= 0.3 is 11.9 Å². The molecular formula is C21H32O4. The molecule has 0 atom stereocenters. The third-order valence-corrected chi connectivity index (χ3v) is 4.05. The Labute approximate surface area is 153 Å². The van der Waals surface area contributed by atoms with Crippen LogP contribution in [-0.4, -0.2) is 25.2 Å². The van der Waals surface area contributed by atoms with Crippen molar-refractivity contribution in [3.8, 4) is 24.7 Å². The number of terminal acetylenes is 2. The van der Waals surface area contributed by atoms with Crippen LogP contribution in [0.25, 0.3) is 0 Å². The molecule has 0 radical (unpaired) electrons. The molecule has 0 spiro atoms. The Bertz CT molecular complexity index is 423. The molecule has 0 bridgehead atoms. The number of unbranched alkanes of at least 4 members (excludes halogenated alkanes) is 6. The SMILES string of the molecule is C#CCC(CC#C)(C(=O)OCCCCCC)C(=O)OCCCCCC. The van der Waals surface area contributed by atoms with Crippen molar-refractivity contribution in [2.24, 2.45) is 5.41 Å². The number of ether oxygens (including phenoxy) is 2. The predicted octanol–water partition coefficient (Wildman–Crippen LogP) is 4.27. The van der Waals surface area contributed by atoms with Gasteiger partial charge in [-0.3, -0.25) is 9.59 Å². The van der Waals surface area contributed by atoms with Crippen molar-refractivity contribution < 1.29 is 19.1 Å². The molecule has 0 aliphatic rings. The third-order valence-electron chi connectivity index (χ3n) is 4.05. The van der Waals surface area contributed by atoms with Gasteiger partial charge in [0.15, 0.2) is 5.41 Å². The predicted molar refractivity (Wildman–Crippen MR) is 99.5 cm³/mol. The van der Waals surface area contributed by atoms with Gasteiger partial charge in [0.25, 0.3) is 0 Å². The Kier molecular flexibility index (Phi) is 13.3. The summed E-state index contributed by atoms with van der Waals surface area (Å²) in [6, 6.07) is 0. The Morgan fingerprint density at radius 2 is 1.16 bits per heavy atom. The first-order valence-electron chi connectivity index (χ1n) is 9.30. The van der Waals surface area contributed by atoms with Crippen LogP contribution in [0.4, 0.5) is 0 Å². The molecule has 0 aliphatic heterocycles. The minimum atomic E-state index is -1.58. The lowest BCUT2D eigenvalue weighted by atomic mass is 9.81. The largest absolute Gasteiger partial charge is 0.465 e. The molecule has 0 aromatic heterocycles. The van der Waals surface area contributed by atoms with Gasteiger partial charge in [-0.1, -0.05) is 52.4 Å². The molecule has 0 rings (SSSR count). The van der Waals surface area contributed by atoms with Crippen LogP contribution < -0.4 is 0 Å². The Morgan fingerprint density at radius 1 is 0.760 bits per heavy atom. The zero-order valence-electron chi connectivity index (χ0n) is 15.8. The van der Waals surface area contributed by atoms with E-state index in [4.69, 9.17) is 22.3 Å². The molecular weight excluding hydrogens is 316 g/mol. The maximum Gasteiger partial charge on any atom is 0.325 e. The first kappa shape index (κ1) is 23.1. The highest BCUT2D eigenvalue weighted by Gasteiger charge is 2.48. The molecule has 0 saturated carbocycles. The van der Waals surface area contributed by atoms with Crippen molar-refractivity contribution in [2.75, 3.05) is 13.2 Å². The van der Waals surface area contributed by atoms with Crippen molar-refractivity contribution >= 4 is 11.9 Å². The second-order valence-electron chi connectivity index (χ2n) is 6.24. The van der Waals surface area contributed by atoms with Gasteiger partial charge in [0.2, 0.25) is 0 Å². The molecule has 0 aliphatic carbocycles. The van der Waals surface area contributed by atoms with Crippen LogP contribution in [-0.2, 0) is 19.1 Å². The summed E-state index contributed by atoms with van der Waals surface area (Å²) in [5, 5.41) is 0. The monoisotopic (exact) mass is 348 g/mol. The van der Waals surface area contributed by atoms with E-state index >= 15 is 0 Å². The zero-order valence-corrected chi connectivity index (χ0v) is 15.8. The van der Waals surface area contributed by atoms with Gasteiger partial charge in [-0.05, 0) is 12.8 Å². The lowest BCUT2D eigenvalue weighted by Crippen LogP contribution is -2.42. The number of rotatable bonds is 14. The van der Waals surface area contributed by atoms with E-state index in [0.717, 1.165) is 51.4 Å². The maximum atomic E-state index is 12.5. The summed E-state index contributed by atoms with van der Waals surface area (Å²) >= 11 is 0. The molecule has 0 unspecified atom stereocenters. The van der Waals surface area contributed by atoms with E-state index in [1.807, 2.05) is 0 Å². The van der Waals surface area contributed by atoms with Crippen molar-refractivity contribution in [2.45, 2.75) is 78.1 Å². The molecule has 140 valence electrons. The van der Waals surface area contributed by atoms with E-state index in [9.17, 15) is 9.59 Å². The van der Waals surface area contributed by atoms with Crippen molar-refractivity contribution in [3.05, 3.63) is 0 Å². The van der Waals surface area contributed by atoms with Gasteiger partial charge in [0.05, 0.1) is 13.2 Å². The molecule has 4 nitrogen and oxygen atoms in total. The van der Waals surface area contributed by atoms with Crippen LogP contribution in [0.1, 0.15) is 78.1 Å². The third kappa shape index (κ3) is 8.64. The van der Waals surface area contributed by atoms with Gasteiger partial charge < -0.3 is 9.47 Å². The zero-order chi connectivity index (χ0) is 19.0. The number of esters is 2. The second-order valence-corrected chi connectivity index (χ2v) is 6.24. The molecule has 0 fully saturated rings. The number of carbonyl (C=O) groups is 2. The Hall–Kier alpha value is -1.94. The molecule has 0 aromatic carbocycles. The summed E-state index contributed by atoms with van der Waals surface area (Å²) < 4.78 is 10.6. The fraction of sp³-hybridized carbons (Fsp3) is 0.714. The smallest absolute Gasteiger partial charge is 0.325 e. The van der Waals surface area contributed by atoms with Crippen molar-refractivity contribution in [1.82, 2.24) is 0 Å². The van der Waals surface area contributed by atoms with Crippen LogP contribution >= 0.6 is 0 Å². The minimum absolute atomic E-state index is 0.112. The number of hydrogen-bond donors (Lipinski definition) is 0. The number of hydrogen-bond acceptors (Lipinski definition) is 4. The molecule has 0 amide bonds. The second kappa shape index (κ2) is 14.4. The van der Waals surface area contributed by atoms with Crippen molar-refractivity contribution in [3.63, 3.8) is 0 Å². The summed E-state index contributed by atoms with van der Waals surface area (Å²) in [5.41, 5.74) is -1.58. The molecule has 0 saturated heterocycles. The van der Waals surface area contributed by atoms with E-state index < -0.39 is 17.4 Å². The Balaban J connectivity index is 4.79. The molecule has 0 aromatic rings. The molecule has 4 heteroatoms. The van der Waals surface area contributed by atoms with E-state index in [1.54, 1.807) is 0 Å². The summed E-state index contributed by atoms with van der Waals surface area (Å²) in [6.07, 6.45) is 18.3. The van der Waals surface area contributed by atoms with Crippen molar-refractivity contribution in [1.29, 1.82) is 0 Å². The average Bonchev–Trinajstić information content (AvgIpc) is 2.60. The maximum absolute atomic E-state index is 12.5. The van der Waals surface area contributed by atoms with Crippen LogP contribution in [0.15, 0.2) is 0 Å². The van der Waals surface area contributed by atoms with E-state index in [-0.39, 0.29) is 26.1 Å². The van der Waals surface area contributed by atoms with Crippen LogP contribution in [0, 0.1) is 30.1 Å². The summed E-state index contributed by atoms with van der Waals surface area (Å²) in [4.78, 5) is 25.1. The summed E-state index contributed by atoms with van der Waals surface area (Å²) in [5.74, 6) is 3.42. The first-order valence-corrected chi connectivity index (χ1v) is 9.30. The highest BCUT2D eigenvalue weighted by atomic mass is 16.6. The minimum Gasteiger partial charge on any atom is -0.465 e. The molecule has 0 N–H and O–H groups in total. The van der Waals surface area contributed by atoms with Gasteiger partial charge in [-0.25, -0.2) is 0 Å². The van der Waals surface area contributed by atoms with Gasteiger partial charge in [0, 0.05) is 12.8 Å². The lowest BCUT2D eigenvalue weighted by Gasteiger charge is -2.26. The average molecular weight is 348 g/mol. The highest BCUT2D eigenvalue weighted by molar-refractivity contribution is 6.00. The number of carbonyl (C=O) groups excluding carboxylic acids is 2. The van der Waals surface area contributed by atoms with E-state index in [2.05, 4.69) is 25.7 Å². The fourth-order valence-corrected chi connectivity index (χ4v) is 2.45. The van der Waals surface area contributed by atoms with E-state index in [1.165, 1.54) is 0 Å². The molecule has 0 heterocycles. The molecule has 25 heavy (non-hydrogen) atoms. The first-order chi connectivity index (χ1) is 12.1. The standard InChI is InChI=1S/C21H32O4/c1-5-9-11-13-17-24-19(22)21(15-7-3,16-8-4)20(23)25-18-14-12-10-6-2/h3-4H,5-6,9-18H2,1-2H3. The van der Waals surface area contributed by atoms with Crippen LogP contribution in [0.3, 0.4) is 0 Å². The lowest BCUT2D eigenvalue weighted by molar-refractivity contribution is -0.172. The van der Waals surface area contributed by atoms with Gasteiger partial charge in [-0.2, -0.15) is 0 Å². The topological polar surface area (TPSA) is 52.6 Å². The van der Waals surface area contributed by atoms with Gasteiger partial charge in [0.1, 0.15) is 0 Å². The normalized spacial score (nSPS) is 10.6. The summed E-state index contributed by atoms with van der Waals surface area (Å²) in [7, 11) is 0. The van der Waals surface area contributed by atoms with Crippen LogP contribution in [0.5, 0.6) is 0 Å². The Morgan fingerprint density at radius 3 is 1.48 bits per heavy atom. The summed E-state index contributed by atoms with van der Waals surface area (Å²) in [6.45, 7) is 4.74. The quantitative estimate of drug-likeness (QED) is 0.204. The van der Waals surface area contributed by atoms with Gasteiger partial charge in [-0.15, -0.1) is 24.7 Å².